The molecule has 112 valence electrons. The van der Waals surface area contributed by atoms with Gasteiger partial charge >= 0.3 is 0 Å². The molecule has 2 rings (SSSR count). The zero-order valence-electron chi connectivity index (χ0n) is 13.0. The van der Waals surface area contributed by atoms with E-state index in [0.29, 0.717) is 12.1 Å². The van der Waals surface area contributed by atoms with Gasteiger partial charge in [-0.15, -0.1) is 0 Å². The fourth-order valence-electron chi connectivity index (χ4n) is 2.93. The molecule has 0 amide bonds. The summed E-state index contributed by atoms with van der Waals surface area (Å²) >= 11 is 0. The average molecular weight is 276 g/mol. The number of rotatable bonds is 5. The number of aryl methyl sites for hydroxylation is 1. The number of hydrogen-bond acceptors (Lipinski definition) is 3. The van der Waals surface area contributed by atoms with Crippen LogP contribution in [-0.2, 0) is 11.2 Å². The van der Waals surface area contributed by atoms with Crippen LogP contribution in [0.1, 0.15) is 43.9 Å². The predicted molar refractivity (Wildman–Crippen MR) is 83.8 cm³/mol. The molecular formula is C17H28N2O. The molecule has 0 radical (unpaired) electrons. The third-order valence-corrected chi connectivity index (χ3v) is 4.70. The fourth-order valence-corrected chi connectivity index (χ4v) is 2.93. The highest BCUT2D eigenvalue weighted by Crippen LogP contribution is 2.23. The molecule has 1 fully saturated rings. The maximum Gasteiger partial charge on any atom is 0.0480 e. The first-order chi connectivity index (χ1) is 9.63. The van der Waals surface area contributed by atoms with Crippen molar-refractivity contribution in [1.82, 2.24) is 4.90 Å². The van der Waals surface area contributed by atoms with Crippen LogP contribution in [0.25, 0.3) is 0 Å². The second-order valence-electron chi connectivity index (χ2n) is 5.87. The molecule has 1 saturated heterocycles. The molecular weight excluding hydrogens is 248 g/mol. The standard InChI is InChI=1S/C17H28N2O/c1-4-14-5-7-15(8-6-14)17(18)13(2)19(3)16-9-11-20-12-10-16/h5-8,13,16-17H,4,9-12,18H2,1-3H3. The van der Waals surface area contributed by atoms with Crippen LogP contribution in [0.15, 0.2) is 24.3 Å². The average Bonchev–Trinajstić information content (AvgIpc) is 2.53. The van der Waals surface area contributed by atoms with Gasteiger partial charge < -0.3 is 10.5 Å². The van der Waals surface area contributed by atoms with Crippen molar-refractivity contribution in [2.45, 2.75) is 51.2 Å². The maximum absolute atomic E-state index is 6.46. The van der Waals surface area contributed by atoms with Gasteiger partial charge in [0.25, 0.3) is 0 Å². The van der Waals surface area contributed by atoms with E-state index in [9.17, 15) is 0 Å². The van der Waals surface area contributed by atoms with Crippen LogP contribution >= 0.6 is 0 Å². The van der Waals surface area contributed by atoms with Gasteiger partial charge in [-0.1, -0.05) is 31.2 Å². The Morgan fingerprint density at radius 1 is 1.25 bits per heavy atom. The molecule has 1 aliphatic rings. The summed E-state index contributed by atoms with van der Waals surface area (Å²) in [6, 6.07) is 9.74. The van der Waals surface area contributed by atoms with Gasteiger partial charge in [0.05, 0.1) is 0 Å². The molecule has 0 aromatic heterocycles. The molecule has 3 nitrogen and oxygen atoms in total. The Bertz CT molecular complexity index is 398. The van der Waals surface area contributed by atoms with Crippen LogP contribution in [0.2, 0.25) is 0 Å². The van der Waals surface area contributed by atoms with Gasteiger partial charge in [0.1, 0.15) is 0 Å². The Morgan fingerprint density at radius 3 is 2.40 bits per heavy atom. The Balaban J connectivity index is 2.00. The molecule has 0 aliphatic carbocycles. The monoisotopic (exact) mass is 276 g/mol. The molecule has 3 heteroatoms. The van der Waals surface area contributed by atoms with E-state index < -0.39 is 0 Å². The molecule has 2 atom stereocenters. The number of hydrogen-bond donors (Lipinski definition) is 1. The van der Waals surface area contributed by atoms with E-state index >= 15 is 0 Å². The first-order valence-electron chi connectivity index (χ1n) is 7.77. The van der Waals surface area contributed by atoms with Crippen molar-refractivity contribution in [3.8, 4) is 0 Å². The summed E-state index contributed by atoms with van der Waals surface area (Å²) in [5.74, 6) is 0. The van der Waals surface area contributed by atoms with Crippen LogP contribution in [-0.4, -0.2) is 37.2 Å². The summed E-state index contributed by atoms with van der Waals surface area (Å²) in [7, 11) is 2.20. The van der Waals surface area contributed by atoms with Gasteiger partial charge in [0, 0.05) is 31.3 Å². The first kappa shape index (κ1) is 15.5. The number of nitrogens with zero attached hydrogens (tertiary/aromatic N) is 1. The molecule has 2 N–H and O–H groups in total. The largest absolute Gasteiger partial charge is 0.381 e. The van der Waals surface area contributed by atoms with Crippen LogP contribution in [0, 0.1) is 0 Å². The molecule has 1 aromatic carbocycles. The zero-order chi connectivity index (χ0) is 14.5. The van der Waals surface area contributed by atoms with Crippen molar-refractivity contribution in [2.24, 2.45) is 5.73 Å². The molecule has 0 saturated carbocycles. The minimum Gasteiger partial charge on any atom is -0.381 e. The SMILES string of the molecule is CCc1ccc(C(N)C(C)N(C)C2CCOCC2)cc1. The zero-order valence-corrected chi connectivity index (χ0v) is 13.0. The maximum atomic E-state index is 6.46. The van der Waals surface area contributed by atoms with Gasteiger partial charge in [-0.25, -0.2) is 0 Å². The highest BCUT2D eigenvalue weighted by Gasteiger charge is 2.26. The second kappa shape index (κ2) is 7.21. The van der Waals surface area contributed by atoms with Crippen molar-refractivity contribution in [1.29, 1.82) is 0 Å². The predicted octanol–water partition coefficient (Wildman–Crippen LogP) is 2.75. The Kier molecular flexibility index (Phi) is 5.58. The van der Waals surface area contributed by atoms with Gasteiger partial charge in [-0.05, 0) is 44.4 Å². The van der Waals surface area contributed by atoms with Crippen LogP contribution < -0.4 is 5.73 Å². The molecule has 2 unspecified atom stereocenters. The van der Waals surface area contributed by atoms with E-state index in [4.69, 9.17) is 10.5 Å². The quantitative estimate of drug-likeness (QED) is 0.898. The molecule has 1 aromatic rings. The minimum atomic E-state index is 0.0637. The van der Waals surface area contributed by atoms with Crippen molar-refractivity contribution in [3.05, 3.63) is 35.4 Å². The summed E-state index contributed by atoms with van der Waals surface area (Å²) in [6.45, 7) is 6.16. The second-order valence-corrected chi connectivity index (χ2v) is 5.87. The lowest BCUT2D eigenvalue weighted by Gasteiger charge is -2.38. The first-order valence-corrected chi connectivity index (χ1v) is 7.77. The van der Waals surface area contributed by atoms with Crippen molar-refractivity contribution in [3.63, 3.8) is 0 Å². The number of benzene rings is 1. The van der Waals surface area contributed by atoms with Gasteiger partial charge in [0.2, 0.25) is 0 Å². The fraction of sp³-hybridized carbons (Fsp3) is 0.647. The highest BCUT2D eigenvalue weighted by atomic mass is 16.5. The Morgan fingerprint density at radius 2 is 1.85 bits per heavy atom. The molecule has 1 aliphatic heterocycles. The number of likely N-dealkylation sites (N-methyl/N-ethyl adjacent to an activating group) is 1. The smallest absolute Gasteiger partial charge is 0.0480 e. The van der Waals surface area contributed by atoms with E-state index in [1.165, 1.54) is 11.1 Å². The minimum absolute atomic E-state index is 0.0637. The van der Waals surface area contributed by atoms with Crippen molar-refractivity contribution < 1.29 is 4.74 Å². The van der Waals surface area contributed by atoms with Crippen molar-refractivity contribution in [2.75, 3.05) is 20.3 Å². The van der Waals surface area contributed by atoms with E-state index in [1.54, 1.807) is 0 Å². The normalized spacial score (nSPS) is 20.1. The Labute approximate surface area is 123 Å². The summed E-state index contributed by atoms with van der Waals surface area (Å²) in [4.78, 5) is 2.43. The lowest BCUT2D eigenvalue weighted by atomic mass is 9.96. The number of nitrogens with two attached hydrogens (primary N) is 1. The summed E-state index contributed by atoms with van der Waals surface area (Å²) < 4.78 is 5.44. The van der Waals surface area contributed by atoms with Gasteiger partial charge in [-0.2, -0.15) is 0 Å². The molecule has 1 heterocycles. The van der Waals surface area contributed by atoms with E-state index in [-0.39, 0.29) is 6.04 Å². The summed E-state index contributed by atoms with van der Waals surface area (Å²) in [5.41, 5.74) is 9.06. The van der Waals surface area contributed by atoms with Gasteiger partial charge in [-0.3, -0.25) is 4.90 Å². The molecule has 20 heavy (non-hydrogen) atoms. The third-order valence-electron chi connectivity index (χ3n) is 4.70. The van der Waals surface area contributed by atoms with E-state index in [2.05, 4.69) is 50.1 Å². The Hall–Kier alpha value is -0.900. The van der Waals surface area contributed by atoms with Crippen LogP contribution in [0.5, 0.6) is 0 Å². The topological polar surface area (TPSA) is 38.5 Å². The summed E-state index contributed by atoms with van der Waals surface area (Å²) in [6.07, 6.45) is 3.30. The van der Waals surface area contributed by atoms with Crippen LogP contribution in [0.3, 0.4) is 0 Å². The summed E-state index contributed by atoms with van der Waals surface area (Å²) in [5, 5.41) is 0. The third kappa shape index (κ3) is 3.60. The highest BCUT2D eigenvalue weighted by molar-refractivity contribution is 5.25. The van der Waals surface area contributed by atoms with Crippen molar-refractivity contribution >= 4 is 0 Å². The molecule has 0 bridgehead atoms. The van der Waals surface area contributed by atoms with E-state index in [1.807, 2.05) is 0 Å². The number of ether oxygens (including phenoxy) is 1. The van der Waals surface area contributed by atoms with Gasteiger partial charge in [0.15, 0.2) is 0 Å². The lowest BCUT2D eigenvalue weighted by Crippen LogP contribution is -2.46. The van der Waals surface area contributed by atoms with Crippen LogP contribution in [0.4, 0.5) is 0 Å². The van der Waals surface area contributed by atoms with E-state index in [0.717, 1.165) is 32.5 Å². The molecule has 0 spiro atoms. The lowest BCUT2D eigenvalue weighted by molar-refractivity contribution is 0.0271.